The van der Waals surface area contributed by atoms with Crippen molar-refractivity contribution in [1.82, 2.24) is 15.0 Å². The van der Waals surface area contributed by atoms with Crippen LogP contribution >= 0.6 is 0 Å². The summed E-state index contributed by atoms with van der Waals surface area (Å²) in [5.74, 6) is 2.53. The molecule has 2 unspecified atom stereocenters. The SMILES string of the molecule is CC1C2=C(C=C3C1c1ccccc1N3c1nc(-c3ccccc3)nc(-c3ccccc3)n1)C(C)(C)c1ccccc12. The van der Waals surface area contributed by atoms with Gasteiger partial charge in [0.05, 0.1) is 5.69 Å². The molecule has 0 saturated heterocycles. The zero-order chi connectivity index (χ0) is 27.7. The van der Waals surface area contributed by atoms with E-state index in [4.69, 9.17) is 15.0 Å². The summed E-state index contributed by atoms with van der Waals surface area (Å²) in [6, 6.07) is 38.1. The Kier molecular flexibility index (Phi) is 5.17. The van der Waals surface area contributed by atoms with Crippen molar-refractivity contribution < 1.29 is 0 Å². The fraction of sp³-hybridized carbons (Fsp3) is 0.162. The van der Waals surface area contributed by atoms with E-state index in [2.05, 4.69) is 105 Å². The topological polar surface area (TPSA) is 41.9 Å². The minimum Gasteiger partial charge on any atom is -0.282 e. The summed E-state index contributed by atoms with van der Waals surface area (Å²) in [7, 11) is 0. The van der Waals surface area contributed by atoms with Gasteiger partial charge >= 0.3 is 0 Å². The molecule has 0 saturated carbocycles. The third-order valence-electron chi connectivity index (χ3n) is 9.08. The second-order valence-electron chi connectivity index (χ2n) is 11.7. The van der Waals surface area contributed by atoms with Gasteiger partial charge in [0, 0.05) is 28.2 Å². The van der Waals surface area contributed by atoms with E-state index < -0.39 is 0 Å². The molecule has 1 aliphatic heterocycles. The van der Waals surface area contributed by atoms with Gasteiger partial charge in [-0.2, -0.15) is 9.97 Å². The van der Waals surface area contributed by atoms with E-state index in [1.165, 1.54) is 33.5 Å². The molecular formula is C37H30N4. The molecule has 2 atom stereocenters. The predicted molar refractivity (Wildman–Crippen MR) is 166 cm³/mol. The first-order valence-electron chi connectivity index (χ1n) is 14.3. The van der Waals surface area contributed by atoms with Crippen LogP contribution in [-0.2, 0) is 5.41 Å². The van der Waals surface area contributed by atoms with Gasteiger partial charge in [0.25, 0.3) is 0 Å². The number of nitrogens with zero attached hydrogens (tertiary/aromatic N) is 4. The summed E-state index contributed by atoms with van der Waals surface area (Å²) < 4.78 is 0. The molecule has 3 aliphatic rings. The molecule has 0 radical (unpaired) electrons. The molecule has 2 aliphatic carbocycles. The van der Waals surface area contributed by atoms with Gasteiger partial charge in [-0.15, -0.1) is 0 Å². The summed E-state index contributed by atoms with van der Waals surface area (Å²) >= 11 is 0. The highest BCUT2D eigenvalue weighted by Crippen LogP contribution is 2.61. The molecule has 198 valence electrons. The lowest BCUT2D eigenvalue weighted by Gasteiger charge is -2.33. The number of para-hydroxylation sites is 1. The Morgan fingerprint density at radius 1 is 0.659 bits per heavy atom. The minimum atomic E-state index is -0.0813. The molecule has 4 heteroatoms. The summed E-state index contributed by atoms with van der Waals surface area (Å²) in [5.41, 5.74) is 11.2. The van der Waals surface area contributed by atoms with Crippen LogP contribution in [0.4, 0.5) is 11.6 Å². The third kappa shape index (κ3) is 3.50. The van der Waals surface area contributed by atoms with Crippen molar-refractivity contribution in [3.63, 3.8) is 0 Å². The lowest BCUT2D eigenvalue weighted by Crippen LogP contribution is -2.25. The molecule has 41 heavy (non-hydrogen) atoms. The molecule has 0 N–H and O–H groups in total. The lowest BCUT2D eigenvalue weighted by atomic mass is 9.73. The van der Waals surface area contributed by atoms with Crippen molar-refractivity contribution >= 4 is 17.2 Å². The number of hydrogen-bond acceptors (Lipinski definition) is 4. The number of hydrogen-bond donors (Lipinski definition) is 0. The fourth-order valence-corrected chi connectivity index (χ4v) is 7.15. The van der Waals surface area contributed by atoms with Gasteiger partial charge in [0.2, 0.25) is 5.95 Å². The maximum Gasteiger partial charge on any atom is 0.238 e. The second kappa shape index (κ2) is 8.84. The van der Waals surface area contributed by atoms with Gasteiger partial charge < -0.3 is 0 Å². The average molecular weight is 531 g/mol. The smallest absolute Gasteiger partial charge is 0.238 e. The maximum absolute atomic E-state index is 5.13. The van der Waals surface area contributed by atoms with Crippen LogP contribution in [0.1, 0.15) is 43.4 Å². The molecule has 0 amide bonds. The molecular weight excluding hydrogens is 500 g/mol. The number of rotatable bonds is 3. The van der Waals surface area contributed by atoms with E-state index in [1.807, 2.05) is 36.4 Å². The fourth-order valence-electron chi connectivity index (χ4n) is 7.15. The van der Waals surface area contributed by atoms with Crippen molar-refractivity contribution in [2.24, 2.45) is 5.92 Å². The van der Waals surface area contributed by atoms with E-state index >= 15 is 0 Å². The van der Waals surface area contributed by atoms with Gasteiger partial charge in [0.15, 0.2) is 11.6 Å². The first-order chi connectivity index (χ1) is 20.0. The Balaban J connectivity index is 1.37. The largest absolute Gasteiger partial charge is 0.282 e. The van der Waals surface area contributed by atoms with Crippen LogP contribution in [0.15, 0.2) is 127 Å². The summed E-state index contributed by atoms with van der Waals surface area (Å²) in [6.07, 6.45) is 2.44. The highest BCUT2D eigenvalue weighted by Gasteiger charge is 2.48. The van der Waals surface area contributed by atoms with E-state index in [1.54, 1.807) is 0 Å². The van der Waals surface area contributed by atoms with E-state index in [0.717, 1.165) is 16.8 Å². The zero-order valence-electron chi connectivity index (χ0n) is 23.4. The van der Waals surface area contributed by atoms with E-state index in [-0.39, 0.29) is 11.3 Å². The zero-order valence-corrected chi connectivity index (χ0v) is 23.4. The lowest BCUT2D eigenvalue weighted by molar-refractivity contribution is 0.605. The Morgan fingerprint density at radius 3 is 1.93 bits per heavy atom. The van der Waals surface area contributed by atoms with Crippen LogP contribution in [0, 0.1) is 5.92 Å². The second-order valence-corrected chi connectivity index (χ2v) is 11.7. The molecule has 0 fully saturated rings. The first kappa shape index (κ1) is 24.0. The minimum absolute atomic E-state index is 0.0813. The van der Waals surface area contributed by atoms with Crippen LogP contribution in [0.25, 0.3) is 28.3 Å². The summed E-state index contributed by atoms with van der Waals surface area (Å²) in [6.45, 7) is 7.10. The van der Waals surface area contributed by atoms with Crippen LogP contribution < -0.4 is 4.90 Å². The third-order valence-corrected chi connectivity index (χ3v) is 9.08. The number of aromatic nitrogens is 3. The van der Waals surface area contributed by atoms with Gasteiger partial charge in [-0.25, -0.2) is 4.98 Å². The normalized spacial score (nSPS) is 19.8. The Morgan fingerprint density at radius 2 is 1.24 bits per heavy atom. The van der Waals surface area contributed by atoms with Gasteiger partial charge in [-0.05, 0) is 45.9 Å². The molecule has 2 heterocycles. The van der Waals surface area contributed by atoms with E-state index in [0.29, 0.717) is 23.5 Å². The summed E-state index contributed by atoms with van der Waals surface area (Å²) in [4.78, 5) is 17.5. The van der Waals surface area contributed by atoms with Crippen molar-refractivity contribution in [2.75, 3.05) is 4.90 Å². The first-order valence-corrected chi connectivity index (χ1v) is 14.3. The van der Waals surface area contributed by atoms with Crippen LogP contribution in [0.2, 0.25) is 0 Å². The highest BCUT2D eigenvalue weighted by atomic mass is 15.3. The molecule has 1 aromatic heterocycles. The predicted octanol–water partition coefficient (Wildman–Crippen LogP) is 8.72. The van der Waals surface area contributed by atoms with Gasteiger partial charge in [0.1, 0.15) is 0 Å². The molecule has 0 spiro atoms. The highest BCUT2D eigenvalue weighted by molar-refractivity contribution is 5.89. The average Bonchev–Trinajstić information content (AvgIpc) is 3.47. The summed E-state index contributed by atoms with van der Waals surface area (Å²) in [5, 5.41) is 0. The van der Waals surface area contributed by atoms with Crippen molar-refractivity contribution in [3.05, 3.63) is 143 Å². The monoisotopic (exact) mass is 530 g/mol. The van der Waals surface area contributed by atoms with Crippen LogP contribution in [0.5, 0.6) is 0 Å². The van der Waals surface area contributed by atoms with E-state index in [9.17, 15) is 0 Å². The molecule has 4 aromatic carbocycles. The van der Waals surface area contributed by atoms with Crippen molar-refractivity contribution in [2.45, 2.75) is 32.1 Å². The number of benzene rings is 4. The molecule has 5 aromatic rings. The van der Waals surface area contributed by atoms with Crippen LogP contribution in [0.3, 0.4) is 0 Å². The molecule has 4 nitrogen and oxygen atoms in total. The number of fused-ring (bicyclic) bond motifs is 5. The number of allylic oxidation sites excluding steroid dienone is 4. The van der Waals surface area contributed by atoms with Crippen molar-refractivity contribution in [1.29, 1.82) is 0 Å². The standard InChI is InChI=1S/C37H30N4/c1-23-32-26-18-10-12-20-28(26)37(2,3)29(32)22-31-33(23)27-19-11-13-21-30(27)41(31)36-39-34(24-14-6-4-7-15-24)38-35(40-36)25-16-8-5-9-17-25/h4-23,33H,1-3H3. The molecule has 8 rings (SSSR count). The maximum atomic E-state index is 5.13. The quantitative estimate of drug-likeness (QED) is 0.234. The number of anilines is 2. The van der Waals surface area contributed by atoms with Gasteiger partial charge in [-0.3, -0.25) is 4.90 Å². The Labute approximate surface area is 240 Å². The Hall–Kier alpha value is -4.83. The van der Waals surface area contributed by atoms with Crippen molar-refractivity contribution in [3.8, 4) is 22.8 Å². The molecule has 0 bridgehead atoms. The van der Waals surface area contributed by atoms with Gasteiger partial charge in [-0.1, -0.05) is 124 Å². The Bertz CT molecular complexity index is 1830. The van der Waals surface area contributed by atoms with Crippen LogP contribution in [-0.4, -0.2) is 15.0 Å².